The second-order valence-electron chi connectivity index (χ2n) is 4.37. The van der Waals surface area contributed by atoms with Crippen LogP contribution in [-0.2, 0) is 4.74 Å². The first-order chi connectivity index (χ1) is 8.78. The molecule has 2 aromatic rings. The van der Waals surface area contributed by atoms with Crippen LogP contribution in [0.5, 0.6) is 0 Å². The van der Waals surface area contributed by atoms with Gasteiger partial charge in [-0.05, 0) is 17.4 Å². The lowest BCUT2D eigenvalue weighted by atomic mass is 10.2. The van der Waals surface area contributed by atoms with Crippen molar-refractivity contribution in [3.8, 4) is 0 Å². The molecule has 2 atom stereocenters. The number of anilines is 1. The van der Waals surface area contributed by atoms with Gasteiger partial charge in [-0.2, -0.15) is 4.52 Å². The molecule has 1 fully saturated rings. The number of hydrogen-bond acceptors (Lipinski definition) is 7. The molecule has 0 radical (unpaired) electrons. The van der Waals surface area contributed by atoms with Gasteiger partial charge in [-0.25, -0.2) is 0 Å². The molecule has 96 valence electrons. The molecule has 0 aliphatic carbocycles. The Hall–Kier alpha value is -1.80. The molecule has 3 rings (SSSR count). The lowest BCUT2D eigenvalue weighted by Crippen LogP contribution is -2.48. The summed E-state index contributed by atoms with van der Waals surface area (Å²) in [5, 5.41) is 20.7. The Morgan fingerprint density at radius 2 is 2.33 bits per heavy atom. The molecule has 1 aliphatic rings. The van der Waals surface area contributed by atoms with E-state index in [1.807, 2.05) is 6.92 Å². The first-order valence-electron chi connectivity index (χ1n) is 5.81. The normalized spacial score (nSPS) is 24.7. The summed E-state index contributed by atoms with van der Waals surface area (Å²) in [5.74, 6) is 0.811. The summed E-state index contributed by atoms with van der Waals surface area (Å²) in [4.78, 5) is 6.20. The number of fused-ring (bicyclic) bond motifs is 1. The number of ether oxygens (including phenoxy) is 1. The van der Waals surface area contributed by atoms with Crippen LogP contribution in [0, 0.1) is 0 Å². The number of tetrazole rings is 1. The zero-order valence-corrected chi connectivity index (χ0v) is 9.97. The highest BCUT2D eigenvalue weighted by Gasteiger charge is 2.26. The molecule has 18 heavy (non-hydrogen) atoms. The number of aliphatic hydroxyl groups is 1. The molecule has 1 N–H and O–H groups in total. The van der Waals surface area contributed by atoms with Crippen molar-refractivity contribution in [3.63, 3.8) is 0 Å². The van der Waals surface area contributed by atoms with Crippen LogP contribution in [0.15, 0.2) is 12.4 Å². The van der Waals surface area contributed by atoms with Crippen molar-refractivity contribution in [2.24, 2.45) is 0 Å². The summed E-state index contributed by atoms with van der Waals surface area (Å²) in [6, 6.07) is 0. The maximum atomic E-state index is 9.23. The Balaban J connectivity index is 1.96. The van der Waals surface area contributed by atoms with E-state index in [1.54, 1.807) is 16.9 Å². The van der Waals surface area contributed by atoms with Gasteiger partial charge in [0.2, 0.25) is 0 Å². The topological polar surface area (TPSA) is 88.7 Å². The van der Waals surface area contributed by atoms with Crippen LogP contribution in [0.1, 0.15) is 6.92 Å². The molecule has 2 aromatic heterocycles. The highest BCUT2D eigenvalue weighted by molar-refractivity contribution is 5.46. The number of aliphatic hydroxyl groups excluding tert-OH is 1. The van der Waals surface area contributed by atoms with Crippen molar-refractivity contribution >= 4 is 11.5 Å². The largest absolute Gasteiger partial charge is 0.394 e. The van der Waals surface area contributed by atoms with E-state index in [9.17, 15) is 5.11 Å². The smallest absolute Gasteiger partial charge is 0.199 e. The molecule has 2 unspecified atom stereocenters. The van der Waals surface area contributed by atoms with E-state index in [0.29, 0.717) is 12.2 Å². The Kier molecular flexibility index (Phi) is 2.80. The number of rotatable bonds is 2. The second kappa shape index (κ2) is 4.46. The molecule has 1 saturated heterocycles. The summed E-state index contributed by atoms with van der Waals surface area (Å²) in [6.07, 6.45) is 3.18. The van der Waals surface area contributed by atoms with Crippen LogP contribution in [0.3, 0.4) is 0 Å². The third-order valence-corrected chi connectivity index (χ3v) is 2.94. The predicted molar refractivity (Wildman–Crippen MR) is 62.2 cm³/mol. The van der Waals surface area contributed by atoms with E-state index >= 15 is 0 Å². The number of aromatic nitrogens is 5. The van der Waals surface area contributed by atoms with Crippen LogP contribution < -0.4 is 4.90 Å². The van der Waals surface area contributed by atoms with E-state index in [0.717, 1.165) is 12.4 Å². The lowest BCUT2D eigenvalue weighted by molar-refractivity contribution is -0.0424. The Bertz CT molecular complexity index is 544. The van der Waals surface area contributed by atoms with Crippen molar-refractivity contribution in [1.29, 1.82) is 0 Å². The second-order valence-corrected chi connectivity index (χ2v) is 4.37. The summed E-state index contributed by atoms with van der Waals surface area (Å²) in [5.41, 5.74) is 0.604. The zero-order valence-electron chi connectivity index (χ0n) is 9.97. The first-order valence-corrected chi connectivity index (χ1v) is 5.81. The fourth-order valence-electron chi connectivity index (χ4n) is 2.21. The minimum atomic E-state index is -0.194. The van der Waals surface area contributed by atoms with Crippen molar-refractivity contribution in [2.75, 3.05) is 24.6 Å². The maximum absolute atomic E-state index is 9.23. The lowest BCUT2D eigenvalue weighted by Gasteiger charge is -2.36. The van der Waals surface area contributed by atoms with Gasteiger partial charge in [0.1, 0.15) is 0 Å². The Labute approximate surface area is 103 Å². The maximum Gasteiger partial charge on any atom is 0.199 e. The van der Waals surface area contributed by atoms with Crippen molar-refractivity contribution in [3.05, 3.63) is 12.4 Å². The molecule has 1 aliphatic heterocycles. The van der Waals surface area contributed by atoms with Crippen LogP contribution in [-0.4, -0.2) is 62.0 Å². The number of nitrogens with zero attached hydrogens (tertiary/aromatic N) is 6. The van der Waals surface area contributed by atoms with Crippen LogP contribution in [0.4, 0.5) is 5.82 Å². The van der Waals surface area contributed by atoms with Gasteiger partial charge in [0.05, 0.1) is 31.2 Å². The van der Waals surface area contributed by atoms with Crippen molar-refractivity contribution in [2.45, 2.75) is 19.1 Å². The van der Waals surface area contributed by atoms with E-state index in [1.165, 1.54) is 0 Å². The minimum Gasteiger partial charge on any atom is -0.394 e. The SMILES string of the molecule is CC1CN(c2cncc3nnnn23)CC(CO)O1. The van der Waals surface area contributed by atoms with Crippen LogP contribution in [0.2, 0.25) is 0 Å². The van der Waals surface area contributed by atoms with Gasteiger partial charge < -0.3 is 14.7 Å². The third kappa shape index (κ3) is 1.89. The predicted octanol–water partition coefficient (Wildman–Crippen LogP) is -0.895. The Morgan fingerprint density at radius 3 is 3.17 bits per heavy atom. The average molecular weight is 250 g/mol. The summed E-state index contributed by atoms with van der Waals surface area (Å²) in [7, 11) is 0. The van der Waals surface area contributed by atoms with Crippen molar-refractivity contribution < 1.29 is 9.84 Å². The van der Waals surface area contributed by atoms with Gasteiger partial charge in [0, 0.05) is 13.1 Å². The fourth-order valence-corrected chi connectivity index (χ4v) is 2.21. The van der Waals surface area contributed by atoms with Crippen LogP contribution >= 0.6 is 0 Å². The summed E-state index contributed by atoms with van der Waals surface area (Å²) < 4.78 is 7.25. The van der Waals surface area contributed by atoms with E-state index in [4.69, 9.17) is 4.74 Å². The summed E-state index contributed by atoms with van der Waals surface area (Å²) in [6.45, 7) is 3.29. The standard InChI is InChI=1S/C10H14N6O2/c1-7-4-15(5-8(6-17)18-7)10-3-11-2-9-12-13-14-16(9)10/h2-3,7-8,17H,4-6H2,1H3. The number of hydrogen-bond donors (Lipinski definition) is 1. The molecule has 0 amide bonds. The Morgan fingerprint density at radius 1 is 1.44 bits per heavy atom. The van der Waals surface area contributed by atoms with Gasteiger partial charge in [0.15, 0.2) is 11.5 Å². The molecule has 0 spiro atoms. The number of morpholine rings is 1. The summed E-state index contributed by atoms with van der Waals surface area (Å²) >= 11 is 0. The fraction of sp³-hybridized carbons (Fsp3) is 0.600. The minimum absolute atomic E-state index is 0.000147. The van der Waals surface area contributed by atoms with Crippen LogP contribution in [0.25, 0.3) is 5.65 Å². The molecule has 0 aromatic carbocycles. The molecule has 8 heteroatoms. The van der Waals surface area contributed by atoms with Gasteiger partial charge in [-0.3, -0.25) is 4.98 Å². The molecule has 3 heterocycles. The van der Waals surface area contributed by atoms with Gasteiger partial charge >= 0.3 is 0 Å². The van der Waals surface area contributed by atoms with Gasteiger partial charge in [0.25, 0.3) is 0 Å². The highest BCUT2D eigenvalue weighted by atomic mass is 16.5. The van der Waals surface area contributed by atoms with E-state index in [-0.39, 0.29) is 18.8 Å². The quantitative estimate of drug-likeness (QED) is 0.739. The first kappa shape index (κ1) is 11.3. The van der Waals surface area contributed by atoms with E-state index < -0.39 is 0 Å². The molecule has 0 bridgehead atoms. The molecule has 0 saturated carbocycles. The average Bonchev–Trinajstić information content (AvgIpc) is 2.85. The monoisotopic (exact) mass is 250 g/mol. The van der Waals surface area contributed by atoms with E-state index in [2.05, 4.69) is 25.4 Å². The zero-order chi connectivity index (χ0) is 12.5. The van der Waals surface area contributed by atoms with Gasteiger partial charge in [-0.15, -0.1) is 5.10 Å². The van der Waals surface area contributed by atoms with Gasteiger partial charge in [-0.1, -0.05) is 0 Å². The third-order valence-electron chi connectivity index (χ3n) is 2.94. The highest BCUT2D eigenvalue weighted by Crippen LogP contribution is 2.19. The van der Waals surface area contributed by atoms with Crippen molar-refractivity contribution in [1.82, 2.24) is 25.0 Å². The molecular weight excluding hydrogens is 236 g/mol. The molecular formula is C10H14N6O2. The molecule has 8 nitrogen and oxygen atoms in total.